The number of nitrogens with one attached hydrogen (secondary N) is 1. The average molecular weight is 376 g/mol. The van der Waals surface area contributed by atoms with E-state index in [1.165, 1.54) is 6.07 Å². The lowest BCUT2D eigenvalue weighted by atomic mass is 10.2. The highest BCUT2D eigenvalue weighted by Crippen LogP contribution is 2.24. The van der Waals surface area contributed by atoms with E-state index in [1.54, 1.807) is 43.0 Å². The smallest absolute Gasteiger partial charge is 0.259 e. The van der Waals surface area contributed by atoms with E-state index in [-0.39, 0.29) is 17.8 Å². The molecule has 8 heteroatoms. The van der Waals surface area contributed by atoms with Gasteiger partial charge in [-0.15, -0.1) is 0 Å². The van der Waals surface area contributed by atoms with E-state index in [4.69, 9.17) is 4.52 Å². The largest absolute Gasteiger partial charge is 0.367 e. The van der Waals surface area contributed by atoms with Crippen molar-refractivity contribution in [3.05, 3.63) is 72.7 Å². The molecule has 0 aliphatic heterocycles. The monoisotopic (exact) mass is 376 g/mol. The summed E-state index contributed by atoms with van der Waals surface area (Å²) in [6.07, 6.45) is 7.44. The van der Waals surface area contributed by atoms with Crippen LogP contribution in [-0.2, 0) is 6.42 Å². The minimum atomic E-state index is -0.399. The molecule has 28 heavy (non-hydrogen) atoms. The maximum atomic E-state index is 13.9. The Hall–Kier alpha value is -3.68. The molecule has 1 aromatic carbocycles. The summed E-state index contributed by atoms with van der Waals surface area (Å²) in [6, 6.07) is 10.1. The second-order valence-corrected chi connectivity index (χ2v) is 6.28. The van der Waals surface area contributed by atoms with Gasteiger partial charge in [-0.3, -0.25) is 9.97 Å². The summed E-state index contributed by atoms with van der Waals surface area (Å²) in [5.74, 6) is 0.802. The van der Waals surface area contributed by atoms with Gasteiger partial charge < -0.3 is 9.84 Å². The Morgan fingerprint density at radius 2 is 1.96 bits per heavy atom. The first-order valence-corrected chi connectivity index (χ1v) is 8.75. The molecular weight excluding hydrogens is 359 g/mol. The molecule has 1 N–H and O–H groups in total. The van der Waals surface area contributed by atoms with Crippen LogP contribution in [-0.4, -0.2) is 31.1 Å². The van der Waals surface area contributed by atoms with Crippen LogP contribution in [0.15, 0.2) is 65.7 Å². The van der Waals surface area contributed by atoms with Crippen molar-refractivity contribution < 1.29 is 8.91 Å². The van der Waals surface area contributed by atoms with E-state index in [0.717, 1.165) is 12.1 Å². The lowest BCUT2D eigenvalue weighted by molar-refractivity contribution is 0.431. The van der Waals surface area contributed by atoms with Crippen LogP contribution in [0.1, 0.15) is 12.6 Å². The maximum Gasteiger partial charge on any atom is 0.259 e. The fraction of sp³-hybridized carbons (Fsp3) is 0.150. The SMILES string of the molecule is CC(Cc1cnccn1)Nc1ccc(-c2nc(-c3ccccc3F)no2)cn1. The van der Waals surface area contributed by atoms with Gasteiger partial charge in [0.25, 0.3) is 5.89 Å². The molecule has 7 nitrogen and oxygen atoms in total. The Labute approximate surface area is 160 Å². The third-order valence-electron chi connectivity index (χ3n) is 4.08. The first-order valence-electron chi connectivity index (χ1n) is 8.75. The summed E-state index contributed by atoms with van der Waals surface area (Å²) in [4.78, 5) is 17.0. The van der Waals surface area contributed by atoms with Gasteiger partial charge in [0.15, 0.2) is 0 Å². The Bertz CT molecular complexity index is 1050. The third kappa shape index (κ3) is 4.01. The van der Waals surface area contributed by atoms with E-state index >= 15 is 0 Å². The molecule has 3 heterocycles. The summed E-state index contributed by atoms with van der Waals surface area (Å²) < 4.78 is 19.1. The molecule has 0 fully saturated rings. The maximum absolute atomic E-state index is 13.9. The van der Waals surface area contributed by atoms with Crippen LogP contribution in [0.4, 0.5) is 10.2 Å². The molecule has 0 spiro atoms. The molecule has 0 saturated heterocycles. The van der Waals surface area contributed by atoms with Gasteiger partial charge in [-0.25, -0.2) is 9.37 Å². The van der Waals surface area contributed by atoms with Crippen LogP contribution in [0, 0.1) is 5.82 Å². The Kier molecular flexibility index (Phi) is 5.01. The van der Waals surface area contributed by atoms with Crippen molar-refractivity contribution in [2.24, 2.45) is 0 Å². The van der Waals surface area contributed by atoms with E-state index in [2.05, 4.69) is 30.4 Å². The molecule has 3 aromatic heterocycles. The minimum absolute atomic E-state index is 0.131. The van der Waals surface area contributed by atoms with Crippen LogP contribution < -0.4 is 5.32 Å². The number of halogens is 1. The average Bonchev–Trinajstić information content (AvgIpc) is 3.19. The number of hydrogen-bond donors (Lipinski definition) is 1. The number of rotatable bonds is 6. The summed E-state index contributed by atoms with van der Waals surface area (Å²) in [5, 5.41) is 7.17. The summed E-state index contributed by atoms with van der Waals surface area (Å²) in [7, 11) is 0. The lowest BCUT2D eigenvalue weighted by Crippen LogP contribution is -2.19. The van der Waals surface area contributed by atoms with Crippen LogP contribution in [0.2, 0.25) is 0 Å². The number of anilines is 1. The van der Waals surface area contributed by atoms with Gasteiger partial charge >= 0.3 is 0 Å². The van der Waals surface area contributed by atoms with Gasteiger partial charge in [0, 0.05) is 37.3 Å². The van der Waals surface area contributed by atoms with Crippen molar-refractivity contribution >= 4 is 5.82 Å². The molecule has 1 atom stereocenters. The first-order chi connectivity index (χ1) is 13.7. The second-order valence-electron chi connectivity index (χ2n) is 6.28. The highest BCUT2D eigenvalue weighted by Gasteiger charge is 2.14. The van der Waals surface area contributed by atoms with E-state index in [9.17, 15) is 4.39 Å². The number of aromatic nitrogens is 5. The lowest BCUT2D eigenvalue weighted by Gasteiger charge is -2.13. The summed E-state index contributed by atoms with van der Waals surface area (Å²) in [5.41, 5.74) is 1.86. The van der Waals surface area contributed by atoms with Crippen LogP contribution >= 0.6 is 0 Å². The fourth-order valence-electron chi connectivity index (χ4n) is 2.75. The van der Waals surface area contributed by atoms with Crippen LogP contribution in [0.3, 0.4) is 0 Å². The predicted octanol–water partition coefficient (Wildman–Crippen LogP) is 3.77. The first kappa shape index (κ1) is 17.7. The molecule has 0 saturated carbocycles. The molecule has 0 aliphatic carbocycles. The molecular formula is C20H17FN6O. The topological polar surface area (TPSA) is 89.6 Å². The summed E-state index contributed by atoms with van der Waals surface area (Å²) in [6.45, 7) is 2.04. The number of nitrogens with zero attached hydrogens (tertiary/aromatic N) is 5. The normalized spacial score (nSPS) is 11.9. The predicted molar refractivity (Wildman–Crippen MR) is 102 cm³/mol. The van der Waals surface area contributed by atoms with Gasteiger partial charge in [-0.2, -0.15) is 4.98 Å². The Morgan fingerprint density at radius 1 is 1.07 bits per heavy atom. The molecule has 0 amide bonds. The van der Waals surface area contributed by atoms with Crippen molar-refractivity contribution in [2.45, 2.75) is 19.4 Å². The molecule has 1 unspecified atom stereocenters. The number of benzene rings is 1. The van der Waals surface area contributed by atoms with Gasteiger partial charge in [0.05, 0.1) is 16.8 Å². The zero-order valence-corrected chi connectivity index (χ0v) is 15.1. The van der Waals surface area contributed by atoms with Crippen molar-refractivity contribution in [1.82, 2.24) is 25.1 Å². The van der Waals surface area contributed by atoms with Gasteiger partial charge in [-0.1, -0.05) is 17.3 Å². The zero-order valence-electron chi connectivity index (χ0n) is 15.1. The molecule has 140 valence electrons. The molecule has 0 radical (unpaired) electrons. The zero-order chi connectivity index (χ0) is 19.3. The quantitative estimate of drug-likeness (QED) is 0.548. The Balaban J connectivity index is 1.44. The van der Waals surface area contributed by atoms with Gasteiger partial charge in [-0.05, 0) is 31.2 Å². The molecule has 0 aliphatic rings. The van der Waals surface area contributed by atoms with Gasteiger partial charge in [0.2, 0.25) is 5.82 Å². The van der Waals surface area contributed by atoms with E-state index < -0.39 is 5.82 Å². The second kappa shape index (κ2) is 7.91. The standard InChI is InChI=1S/C20H17FN6O/c1-13(10-15-12-22-8-9-23-15)25-18-7-6-14(11-24-18)20-26-19(27-28-20)16-4-2-3-5-17(16)21/h2-9,11-13H,10H2,1H3,(H,24,25). The van der Waals surface area contributed by atoms with Crippen LogP contribution in [0.25, 0.3) is 22.8 Å². The summed E-state index contributed by atoms with van der Waals surface area (Å²) >= 11 is 0. The molecule has 0 bridgehead atoms. The van der Waals surface area contributed by atoms with Crippen molar-refractivity contribution in [3.8, 4) is 22.8 Å². The third-order valence-corrected chi connectivity index (χ3v) is 4.08. The highest BCUT2D eigenvalue weighted by atomic mass is 19.1. The van der Waals surface area contributed by atoms with Crippen molar-refractivity contribution in [1.29, 1.82) is 0 Å². The fourth-order valence-corrected chi connectivity index (χ4v) is 2.75. The van der Waals surface area contributed by atoms with Gasteiger partial charge in [0.1, 0.15) is 11.6 Å². The van der Waals surface area contributed by atoms with E-state index in [0.29, 0.717) is 16.9 Å². The highest BCUT2D eigenvalue weighted by molar-refractivity contribution is 5.60. The van der Waals surface area contributed by atoms with Crippen LogP contribution in [0.5, 0.6) is 0 Å². The molecule has 4 aromatic rings. The number of pyridine rings is 1. The van der Waals surface area contributed by atoms with E-state index in [1.807, 2.05) is 19.1 Å². The molecule has 4 rings (SSSR count). The number of hydrogen-bond acceptors (Lipinski definition) is 7. The van der Waals surface area contributed by atoms with Crippen molar-refractivity contribution in [3.63, 3.8) is 0 Å². The van der Waals surface area contributed by atoms with Crippen molar-refractivity contribution in [2.75, 3.05) is 5.32 Å². The Morgan fingerprint density at radius 3 is 2.71 bits per heavy atom. The minimum Gasteiger partial charge on any atom is -0.367 e.